The number of carbonyl (C=O) groups is 2. The fourth-order valence-corrected chi connectivity index (χ4v) is 3.94. The minimum atomic E-state index is -1.71. The Morgan fingerprint density at radius 2 is 2.20 bits per heavy atom. The van der Waals surface area contributed by atoms with Crippen molar-refractivity contribution in [1.29, 1.82) is 0 Å². The maximum atomic E-state index is 12.5. The lowest BCUT2D eigenvalue weighted by molar-refractivity contribution is -0.140. The van der Waals surface area contributed by atoms with Gasteiger partial charge in [-0.3, -0.25) is 9.69 Å². The van der Waals surface area contributed by atoms with E-state index in [0.29, 0.717) is 17.3 Å². The molecule has 1 aromatic rings. The molecule has 1 saturated heterocycles. The second kappa shape index (κ2) is 6.86. The predicted molar refractivity (Wildman–Crippen MR) is 93.3 cm³/mol. The number of β-lactam (4-membered cyclic amide) rings is 1. The van der Waals surface area contributed by atoms with Gasteiger partial charge in [0.05, 0.1) is 0 Å². The van der Waals surface area contributed by atoms with E-state index in [4.69, 9.17) is 44.1 Å². The molecule has 2 amide bonds. The van der Waals surface area contributed by atoms with Crippen LogP contribution in [-0.2, 0) is 9.53 Å². The third-order valence-electron chi connectivity index (χ3n) is 3.53. The monoisotopic (exact) mass is 426 g/mol. The average molecular weight is 428 g/mol. The molecule has 12 heteroatoms. The van der Waals surface area contributed by atoms with Crippen LogP contribution in [0.1, 0.15) is 18.6 Å². The molecule has 2 atom stereocenters. The number of rotatable bonds is 3. The van der Waals surface area contributed by atoms with Gasteiger partial charge in [-0.25, -0.2) is 4.79 Å². The van der Waals surface area contributed by atoms with E-state index in [1.54, 1.807) is 6.92 Å². The van der Waals surface area contributed by atoms with Gasteiger partial charge < -0.3 is 14.6 Å². The first-order valence-electron chi connectivity index (χ1n) is 7.12. The van der Waals surface area contributed by atoms with E-state index in [1.165, 1.54) is 16.7 Å². The molecule has 136 valence electrons. The van der Waals surface area contributed by atoms with Crippen molar-refractivity contribution in [1.82, 2.24) is 20.4 Å². The first-order valence-corrected chi connectivity index (χ1v) is 9.31. The quantitative estimate of drug-likeness (QED) is 0.584. The first kappa shape index (κ1) is 18.6. The Kier molecular flexibility index (Phi) is 5.11. The van der Waals surface area contributed by atoms with Crippen molar-refractivity contribution in [3.05, 3.63) is 17.3 Å². The maximum Gasteiger partial charge on any atom is 0.408 e. The molecule has 3 heterocycles. The number of nitrogens with one attached hydrogen (secondary N) is 1. The van der Waals surface area contributed by atoms with Gasteiger partial charge >= 0.3 is 6.09 Å². The molecule has 1 fully saturated rings. The predicted octanol–water partition coefficient (Wildman–Crippen LogP) is 2.49. The Hall–Kier alpha value is -1.16. The molecule has 2 aliphatic rings. The Bertz CT molecular complexity index is 748. The third kappa shape index (κ3) is 3.84. The maximum absolute atomic E-state index is 12.5. The minimum absolute atomic E-state index is 0.283. The second-order valence-corrected chi connectivity index (χ2v) is 9.12. The van der Waals surface area contributed by atoms with Crippen molar-refractivity contribution in [2.24, 2.45) is 0 Å². The number of alkyl carbamates (subject to hydrolysis) is 1. The van der Waals surface area contributed by atoms with Crippen LogP contribution in [0.5, 0.6) is 0 Å². The lowest BCUT2D eigenvalue weighted by atomic mass is 10.0. The van der Waals surface area contributed by atoms with E-state index >= 15 is 0 Å². The largest absolute Gasteiger partial charge is 0.445 e. The molecule has 0 aliphatic carbocycles. The van der Waals surface area contributed by atoms with E-state index in [0.717, 1.165) is 5.57 Å². The molecular weight excluding hydrogens is 415 g/mol. The number of hydrogen-bond acceptors (Lipinski definition) is 7. The summed E-state index contributed by atoms with van der Waals surface area (Å²) in [4.78, 5) is 30.0. The standard InChI is InChI=1S/C13H13Cl3N4O4S/c1-5-3-25-11-7(18-12(22)23-4-13(14,15)16)10(21)20(11)8(5)9-17-6(2)19-24-9/h7,11H,3-4H2,1-2H3,(H,18,22)/t7-,11-/m1/s1. The topological polar surface area (TPSA) is 97.6 Å². The zero-order valence-corrected chi connectivity index (χ0v) is 16.2. The van der Waals surface area contributed by atoms with Gasteiger partial charge in [-0.15, -0.1) is 11.8 Å². The highest BCUT2D eigenvalue weighted by Crippen LogP contribution is 2.43. The number of thioether (sulfide) groups is 1. The molecule has 0 unspecified atom stereocenters. The van der Waals surface area contributed by atoms with E-state index in [2.05, 4.69) is 15.5 Å². The summed E-state index contributed by atoms with van der Waals surface area (Å²) in [5.74, 6) is 1.12. The van der Waals surface area contributed by atoms with Crippen LogP contribution >= 0.6 is 46.6 Å². The average Bonchev–Trinajstić information content (AvgIpc) is 2.95. The molecule has 2 aliphatic heterocycles. The molecule has 1 aromatic heterocycles. The van der Waals surface area contributed by atoms with Gasteiger partial charge in [0, 0.05) is 5.75 Å². The summed E-state index contributed by atoms with van der Waals surface area (Å²) >= 11 is 18.1. The highest BCUT2D eigenvalue weighted by molar-refractivity contribution is 8.00. The molecule has 0 saturated carbocycles. The molecule has 0 bridgehead atoms. The van der Waals surface area contributed by atoms with Crippen LogP contribution in [0.2, 0.25) is 0 Å². The van der Waals surface area contributed by atoms with Crippen LogP contribution in [0.25, 0.3) is 5.70 Å². The van der Waals surface area contributed by atoms with Gasteiger partial charge in [-0.05, 0) is 19.4 Å². The SMILES string of the molecule is CC1=C(c2nc(C)no2)N2C(=O)[C@@H](NC(=O)OCC(Cl)(Cl)Cl)[C@H]2SC1. The Labute approximate surface area is 162 Å². The minimum Gasteiger partial charge on any atom is -0.445 e. The summed E-state index contributed by atoms with van der Waals surface area (Å²) < 4.78 is 8.27. The Morgan fingerprint density at radius 1 is 1.48 bits per heavy atom. The summed E-state index contributed by atoms with van der Waals surface area (Å²) in [7, 11) is 0. The molecule has 25 heavy (non-hydrogen) atoms. The van der Waals surface area contributed by atoms with Crippen LogP contribution in [0, 0.1) is 6.92 Å². The lowest BCUT2D eigenvalue weighted by Crippen LogP contribution is -2.69. The van der Waals surface area contributed by atoms with Gasteiger partial charge in [0.15, 0.2) is 5.82 Å². The molecular formula is C13H13Cl3N4O4S. The highest BCUT2D eigenvalue weighted by Gasteiger charge is 2.53. The molecule has 0 aromatic carbocycles. The van der Waals surface area contributed by atoms with E-state index in [-0.39, 0.29) is 17.2 Å². The molecule has 8 nitrogen and oxygen atoms in total. The summed E-state index contributed by atoms with van der Waals surface area (Å²) in [6.07, 6.45) is -0.827. The van der Waals surface area contributed by atoms with Crippen LogP contribution in [0.4, 0.5) is 4.79 Å². The van der Waals surface area contributed by atoms with Gasteiger partial charge in [-0.2, -0.15) is 4.98 Å². The van der Waals surface area contributed by atoms with E-state index < -0.39 is 22.5 Å². The third-order valence-corrected chi connectivity index (χ3v) is 5.28. The van der Waals surface area contributed by atoms with Gasteiger partial charge in [-0.1, -0.05) is 40.0 Å². The number of aryl methyl sites for hydroxylation is 1. The van der Waals surface area contributed by atoms with E-state index in [9.17, 15) is 9.59 Å². The van der Waals surface area contributed by atoms with Crippen LogP contribution < -0.4 is 5.32 Å². The summed E-state index contributed by atoms with van der Waals surface area (Å²) in [6.45, 7) is 3.17. The number of nitrogens with zero attached hydrogens (tertiary/aromatic N) is 3. The van der Waals surface area contributed by atoms with Crippen molar-refractivity contribution in [3.8, 4) is 0 Å². The molecule has 3 rings (SSSR count). The van der Waals surface area contributed by atoms with Gasteiger partial charge in [0.2, 0.25) is 3.79 Å². The number of carbonyl (C=O) groups excluding carboxylic acids is 2. The fraction of sp³-hybridized carbons (Fsp3) is 0.538. The zero-order valence-electron chi connectivity index (χ0n) is 13.1. The Morgan fingerprint density at radius 3 is 2.80 bits per heavy atom. The first-order chi connectivity index (χ1) is 11.7. The smallest absolute Gasteiger partial charge is 0.408 e. The number of ether oxygens (including phenoxy) is 1. The van der Waals surface area contributed by atoms with Crippen LogP contribution in [-0.4, -0.2) is 54.6 Å². The van der Waals surface area contributed by atoms with Crippen LogP contribution in [0.15, 0.2) is 10.1 Å². The van der Waals surface area contributed by atoms with Crippen molar-refractivity contribution >= 4 is 64.3 Å². The number of aromatic nitrogens is 2. The number of fused-ring (bicyclic) bond motifs is 1. The lowest BCUT2D eigenvalue weighted by Gasteiger charge is -2.49. The normalized spacial score (nSPS) is 23.2. The second-order valence-electron chi connectivity index (χ2n) is 5.50. The van der Waals surface area contributed by atoms with Crippen molar-refractivity contribution in [2.75, 3.05) is 12.4 Å². The van der Waals surface area contributed by atoms with Gasteiger partial charge in [0.1, 0.15) is 23.7 Å². The number of halogens is 3. The number of amides is 2. The van der Waals surface area contributed by atoms with Crippen molar-refractivity contribution in [3.63, 3.8) is 0 Å². The van der Waals surface area contributed by atoms with Gasteiger partial charge in [0.25, 0.3) is 11.8 Å². The summed E-state index contributed by atoms with van der Waals surface area (Å²) in [5, 5.41) is 5.96. The van der Waals surface area contributed by atoms with E-state index in [1.807, 2.05) is 6.92 Å². The van der Waals surface area contributed by atoms with Crippen LogP contribution in [0.3, 0.4) is 0 Å². The highest BCUT2D eigenvalue weighted by atomic mass is 35.6. The summed E-state index contributed by atoms with van der Waals surface area (Å²) in [5.41, 5.74) is 1.53. The molecule has 1 N–H and O–H groups in total. The zero-order chi connectivity index (χ0) is 18.4. The number of alkyl halides is 3. The van der Waals surface area contributed by atoms with Crippen molar-refractivity contribution < 1.29 is 18.8 Å². The molecule has 0 spiro atoms. The van der Waals surface area contributed by atoms with Crippen molar-refractivity contribution in [2.45, 2.75) is 29.1 Å². The number of hydrogen-bond donors (Lipinski definition) is 1. The summed E-state index contributed by atoms with van der Waals surface area (Å²) in [6, 6.07) is -0.736. The Balaban J connectivity index is 1.69. The fourth-order valence-electron chi connectivity index (χ4n) is 2.48. The molecule has 0 radical (unpaired) electrons.